The Labute approximate surface area is 122 Å². The minimum absolute atomic E-state index is 0.0126. The number of aliphatic hydroxyl groups is 1. The number of nitrogens with zero attached hydrogens (tertiary/aromatic N) is 1. The molecule has 0 aliphatic heterocycles. The van der Waals surface area contributed by atoms with Crippen LogP contribution >= 0.6 is 23.2 Å². The van der Waals surface area contributed by atoms with Gasteiger partial charge in [0.05, 0.1) is 15.6 Å². The van der Waals surface area contributed by atoms with E-state index in [0.717, 1.165) is 18.5 Å². The van der Waals surface area contributed by atoms with Crippen molar-refractivity contribution < 1.29 is 18.3 Å². The smallest absolute Gasteiger partial charge is 0.384 e. The Bertz CT molecular complexity index is 631. The summed E-state index contributed by atoms with van der Waals surface area (Å²) in [6, 6.07) is 5.19. The molecule has 1 N–H and O–H groups in total. The number of rotatable bonds is 2. The predicted molar refractivity (Wildman–Crippen MR) is 69.8 cm³/mol. The van der Waals surface area contributed by atoms with Crippen molar-refractivity contribution in [2.45, 2.75) is 12.3 Å². The molecule has 0 amide bonds. The average molecular weight is 322 g/mol. The van der Waals surface area contributed by atoms with E-state index in [-0.39, 0.29) is 21.2 Å². The molecule has 2 nitrogen and oxygen atoms in total. The van der Waals surface area contributed by atoms with Crippen molar-refractivity contribution in [2.75, 3.05) is 0 Å². The van der Waals surface area contributed by atoms with Crippen LogP contribution in [0.4, 0.5) is 13.2 Å². The van der Waals surface area contributed by atoms with Crippen LogP contribution in [0.5, 0.6) is 0 Å². The van der Waals surface area contributed by atoms with Crippen LogP contribution < -0.4 is 0 Å². The average Bonchev–Trinajstić information content (AvgIpc) is 2.40. The molecule has 106 valence electrons. The Morgan fingerprint density at radius 3 is 2.45 bits per heavy atom. The van der Waals surface area contributed by atoms with Gasteiger partial charge in [0.1, 0.15) is 6.10 Å². The van der Waals surface area contributed by atoms with Crippen LogP contribution in [0.15, 0.2) is 36.7 Å². The lowest BCUT2D eigenvalue weighted by molar-refractivity contribution is -0.139. The number of pyridine rings is 1. The Morgan fingerprint density at radius 1 is 1.10 bits per heavy atom. The second kappa shape index (κ2) is 5.60. The van der Waals surface area contributed by atoms with Crippen molar-refractivity contribution in [3.05, 3.63) is 63.4 Å². The van der Waals surface area contributed by atoms with Gasteiger partial charge in [0.15, 0.2) is 0 Å². The predicted octanol–water partition coefficient (Wildman–Crippen LogP) is 4.49. The lowest BCUT2D eigenvalue weighted by Gasteiger charge is -2.18. The third-order valence-electron chi connectivity index (χ3n) is 2.73. The Morgan fingerprint density at radius 2 is 1.80 bits per heavy atom. The molecule has 1 atom stereocenters. The number of halogens is 5. The summed E-state index contributed by atoms with van der Waals surface area (Å²) in [4.78, 5) is 3.62. The van der Waals surface area contributed by atoms with Gasteiger partial charge in [0.25, 0.3) is 0 Å². The third kappa shape index (κ3) is 2.90. The molecule has 0 saturated heterocycles. The molecule has 1 aromatic heterocycles. The van der Waals surface area contributed by atoms with Crippen LogP contribution in [0.1, 0.15) is 22.8 Å². The maximum atomic E-state index is 12.9. The largest absolute Gasteiger partial charge is 0.416 e. The third-order valence-corrected chi connectivity index (χ3v) is 3.56. The molecule has 0 radical (unpaired) electrons. The van der Waals surface area contributed by atoms with E-state index in [1.807, 2.05) is 0 Å². The molecular formula is C13H8Cl2F3NO. The Kier molecular flexibility index (Phi) is 4.22. The van der Waals surface area contributed by atoms with Gasteiger partial charge in [0.2, 0.25) is 0 Å². The normalized spacial score (nSPS) is 13.3. The van der Waals surface area contributed by atoms with Gasteiger partial charge in [-0.1, -0.05) is 35.3 Å². The summed E-state index contributed by atoms with van der Waals surface area (Å²) in [5, 5.41) is 10.3. The fourth-order valence-corrected chi connectivity index (χ4v) is 2.19. The first kappa shape index (κ1) is 15.1. The highest BCUT2D eigenvalue weighted by Crippen LogP contribution is 2.38. The van der Waals surface area contributed by atoms with Crippen LogP contribution in [0.25, 0.3) is 0 Å². The maximum absolute atomic E-state index is 12.9. The summed E-state index contributed by atoms with van der Waals surface area (Å²) in [6.07, 6.45) is -4.18. The summed E-state index contributed by atoms with van der Waals surface area (Å²) in [5.41, 5.74) is -1.24. The number of hydrogen-bond acceptors (Lipinski definition) is 2. The van der Waals surface area contributed by atoms with Crippen molar-refractivity contribution in [1.29, 1.82) is 0 Å². The summed E-state index contributed by atoms with van der Waals surface area (Å²) in [7, 11) is 0. The van der Waals surface area contributed by atoms with E-state index < -0.39 is 17.8 Å². The molecule has 1 heterocycles. The van der Waals surface area contributed by atoms with Gasteiger partial charge >= 0.3 is 6.18 Å². The Hall–Kier alpha value is -1.30. The van der Waals surface area contributed by atoms with E-state index in [1.165, 1.54) is 18.2 Å². The minimum atomic E-state index is -4.59. The number of alkyl halides is 3. The van der Waals surface area contributed by atoms with E-state index in [4.69, 9.17) is 23.2 Å². The topological polar surface area (TPSA) is 33.1 Å². The van der Waals surface area contributed by atoms with Crippen LogP contribution in [0, 0.1) is 0 Å². The van der Waals surface area contributed by atoms with E-state index in [1.54, 1.807) is 0 Å². The van der Waals surface area contributed by atoms with Crippen LogP contribution in [-0.4, -0.2) is 10.1 Å². The van der Waals surface area contributed by atoms with Crippen molar-refractivity contribution in [1.82, 2.24) is 4.98 Å². The second-order valence-corrected chi connectivity index (χ2v) is 4.79. The fraction of sp³-hybridized carbons (Fsp3) is 0.154. The molecule has 0 fully saturated rings. The van der Waals surface area contributed by atoms with Gasteiger partial charge in [-0.2, -0.15) is 13.2 Å². The highest BCUT2D eigenvalue weighted by atomic mass is 35.5. The Balaban J connectivity index is 2.55. The van der Waals surface area contributed by atoms with Gasteiger partial charge in [-0.3, -0.25) is 4.98 Å². The molecular weight excluding hydrogens is 314 g/mol. The monoisotopic (exact) mass is 321 g/mol. The first-order chi connectivity index (χ1) is 9.32. The first-order valence-electron chi connectivity index (χ1n) is 5.45. The highest BCUT2D eigenvalue weighted by Gasteiger charge is 2.35. The molecule has 2 rings (SSSR count). The van der Waals surface area contributed by atoms with Crippen LogP contribution in [0.2, 0.25) is 10.0 Å². The van der Waals surface area contributed by atoms with Gasteiger partial charge in [-0.25, -0.2) is 0 Å². The minimum Gasteiger partial charge on any atom is -0.384 e. The molecule has 0 aliphatic carbocycles. The molecule has 0 aliphatic rings. The van der Waals surface area contributed by atoms with Gasteiger partial charge < -0.3 is 5.11 Å². The van der Waals surface area contributed by atoms with Crippen LogP contribution in [-0.2, 0) is 6.18 Å². The lowest BCUT2D eigenvalue weighted by Crippen LogP contribution is -2.13. The van der Waals surface area contributed by atoms with Crippen molar-refractivity contribution >= 4 is 23.2 Å². The standard InChI is InChI=1S/C13H8Cl2F3NO/c14-10-3-1-2-7(11(10)15)12(20)8-6-19-5-4-9(8)13(16,17)18/h1-6,12,20H. The zero-order chi connectivity index (χ0) is 14.9. The van der Waals surface area contributed by atoms with Crippen molar-refractivity contribution in [3.63, 3.8) is 0 Å². The highest BCUT2D eigenvalue weighted by molar-refractivity contribution is 6.42. The number of aliphatic hydroxyl groups excluding tert-OH is 1. The van der Waals surface area contributed by atoms with E-state index in [9.17, 15) is 18.3 Å². The summed E-state index contributed by atoms with van der Waals surface area (Å²) >= 11 is 11.7. The number of hydrogen-bond donors (Lipinski definition) is 1. The molecule has 20 heavy (non-hydrogen) atoms. The molecule has 2 aromatic rings. The van der Waals surface area contributed by atoms with E-state index in [2.05, 4.69) is 4.98 Å². The van der Waals surface area contributed by atoms with Gasteiger partial charge in [0, 0.05) is 23.5 Å². The number of benzene rings is 1. The molecule has 0 bridgehead atoms. The molecule has 1 aromatic carbocycles. The fourth-order valence-electron chi connectivity index (χ4n) is 1.78. The quantitative estimate of drug-likeness (QED) is 0.884. The summed E-state index contributed by atoms with van der Waals surface area (Å²) < 4.78 is 38.7. The van der Waals surface area contributed by atoms with E-state index >= 15 is 0 Å². The maximum Gasteiger partial charge on any atom is 0.416 e. The number of aromatic nitrogens is 1. The molecule has 7 heteroatoms. The van der Waals surface area contributed by atoms with Gasteiger partial charge in [-0.15, -0.1) is 0 Å². The van der Waals surface area contributed by atoms with Gasteiger partial charge in [-0.05, 0) is 12.1 Å². The van der Waals surface area contributed by atoms with Crippen molar-refractivity contribution in [2.24, 2.45) is 0 Å². The molecule has 0 saturated carbocycles. The SMILES string of the molecule is OC(c1cnccc1C(F)(F)F)c1cccc(Cl)c1Cl. The molecule has 1 unspecified atom stereocenters. The zero-order valence-corrected chi connectivity index (χ0v) is 11.3. The van der Waals surface area contributed by atoms with E-state index in [0.29, 0.717) is 0 Å². The summed E-state index contributed by atoms with van der Waals surface area (Å²) in [5.74, 6) is 0. The zero-order valence-electron chi connectivity index (χ0n) is 9.83. The van der Waals surface area contributed by atoms with Crippen molar-refractivity contribution in [3.8, 4) is 0 Å². The summed E-state index contributed by atoms with van der Waals surface area (Å²) in [6.45, 7) is 0. The molecule has 0 spiro atoms. The lowest BCUT2D eigenvalue weighted by atomic mass is 9.98. The second-order valence-electron chi connectivity index (χ2n) is 4.01. The first-order valence-corrected chi connectivity index (χ1v) is 6.21. The van der Waals surface area contributed by atoms with Crippen LogP contribution in [0.3, 0.4) is 0 Å².